The molecule has 2 unspecified atom stereocenters. The second-order valence-electron chi connectivity index (χ2n) is 4.26. The average Bonchev–Trinajstić information content (AvgIpc) is 2.72. The molecule has 4 N–H and O–H groups in total. The van der Waals surface area contributed by atoms with Crippen molar-refractivity contribution in [2.45, 2.75) is 25.4 Å². The summed E-state index contributed by atoms with van der Waals surface area (Å²) in [6, 6.07) is 8.28. The largest absolute Gasteiger partial charge is 0.491 e. The zero-order chi connectivity index (χ0) is 12.3. The van der Waals surface area contributed by atoms with Gasteiger partial charge in [0.25, 0.3) is 0 Å². The number of benzene rings is 1. The first-order chi connectivity index (χ1) is 8.20. The second-order valence-corrected chi connectivity index (χ2v) is 4.26. The van der Waals surface area contributed by atoms with Gasteiger partial charge in [0.1, 0.15) is 18.2 Å². The van der Waals surface area contributed by atoms with E-state index in [-0.39, 0.29) is 17.9 Å². The van der Waals surface area contributed by atoms with E-state index < -0.39 is 0 Å². The van der Waals surface area contributed by atoms with Gasteiger partial charge in [-0.15, -0.1) is 0 Å². The molecule has 0 saturated carbocycles. The maximum absolute atomic E-state index is 8.51. The minimum absolute atomic E-state index is 0.130. The van der Waals surface area contributed by atoms with Crippen LogP contribution in [0.25, 0.3) is 0 Å². The highest BCUT2D eigenvalue weighted by molar-refractivity contribution is 5.80. The molecule has 92 valence electrons. The Morgan fingerprint density at radius 3 is 3.18 bits per heavy atom. The molecule has 0 radical (unpaired) electrons. The smallest absolute Gasteiger partial charge is 0.140 e. The first-order valence-corrected chi connectivity index (χ1v) is 5.65. The summed E-state index contributed by atoms with van der Waals surface area (Å²) in [5, 5.41) is 14.9. The average molecular weight is 235 g/mol. The summed E-state index contributed by atoms with van der Waals surface area (Å²) in [6.07, 6.45) is 0.509. The van der Waals surface area contributed by atoms with Crippen LogP contribution >= 0.6 is 0 Å². The molecule has 0 fully saturated rings. The van der Waals surface area contributed by atoms with Crippen molar-refractivity contribution in [1.29, 1.82) is 0 Å². The highest BCUT2D eigenvalue weighted by Gasteiger charge is 2.24. The SMILES string of the molecule is CC(CC(N)=NO)NC1COc2ccccc21. The number of nitrogens with zero attached hydrogens (tertiary/aromatic N) is 1. The van der Waals surface area contributed by atoms with E-state index >= 15 is 0 Å². The fourth-order valence-corrected chi connectivity index (χ4v) is 2.06. The van der Waals surface area contributed by atoms with Crippen molar-refractivity contribution < 1.29 is 9.94 Å². The number of nitrogens with one attached hydrogen (secondary N) is 1. The van der Waals surface area contributed by atoms with E-state index in [2.05, 4.69) is 16.5 Å². The lowest BCUT2D eigenvalue weighted by Gasteiger charge is -2.18. The molecule has 1 aliphatic heterocycles. The summed E-state index contributed by atoms with van der Waals surface area (Å²) < 4.78 is 5.57. The summed E-state index contributed by atoms with van der Waals surface area (Å²) in [6.45, 7) is 2.62. The van der Waals surface area contributed by atoms with E-state index in [1.807, 2.05) is 25.1 Å². The van der Waals surface area contributed by atoms with Crippen LogP contribution in [0.3, 0.4) is 0 Å². The first kappa shape index (κ1) is 11.7. The number of ether oxygens (including phenoxy) is 1. The quantitative estimate of drug-likeness (QED) is 0.317. The number of hydrogen-bond donors (Lipinski definition) is 3. The van der Waals surface area contributed by atoms with E-state index in [0.717, 1.165) is 5.75 Å². The maximum Gasteiger partial charge on any atom is 0.140 e. The number of amidine groups is 1. The molecular formula is C12H17N3O2. The Bertz CT molecular complexity index is 420. The Morgan fingerprint density at radius 2 is 2.41 bits per heavy atom. The van der Waals surface area contributed by atoms with Crippen LogP contribution in [0.4, 0.5) is 0 Å². The molecular weight excluding hydrogens is 218 g/mol. The molecule has 0 saturated heterocycles. The Morgan fingerprint density at radius 1 is 1.65 bits per heavy atom. The Hall–Kier alpha value is -1.75. The molecule has 0 aromatic heterocycles. The van der Waals surface area contributed by atoms with Gasteiger partial charge >= 0.3 is 0 Å². The van der Waals surface area contributed by atoms with Crippen LogP contribution < -0.4 is 15.8 Å². The Labute approximate surface area is 100 Å². The van der Waals surface area contributed by atoms with Gasteiger partial charge in [0, 0.05) is 18.0 Å². The van der Waals surface area contributed by atoms with Gasteiger partial charge in [0.15, 0.2) is 0 Å². The van der Waals surface area contributed by atoms with Crippen molar-refractivity contribution in [3.63, 3.8) is 0 Å². The fraction of sp³-hybridized carbons (Fsp3) is 0.417. The first-order valence-electron chi connectivity index (χ1n) is 5.65. The van der Waals surface area contributed by atoms with Crippen LogP contribution in [0.2, 0.25) is 0 Å². The minimum Gasteiger partial charge on any atom is -0.491 e. The van der Waals surface area contributed by atoms with Crippen LogP contribution in [-0.4, -0.2) is 23.7 Å². The second kappa shape index (κ2) is 5.05. The molecule has 17 heavy (non-hydrogen) atoms. The van der Waals surface area contributed by atoms with Gasteiger partial charge < -0.3 is 21.0 Å². The number of rotatable bonds is 4. The highest BCUT2D eigenvalue weighted by atomic mass is 16.5. The molecule has 1 heterocycles. The van der Waals surface area contributed by atoms with Crippen molar-refractivity contribution in [1.82, 2.24) is 5.32 Å². The summed E-state index contributed by atoms with van der Waals surface area (Å²) >= 11 is 0. The van der Waals surface area contributed by atoms with E-state index in [0.29, 0.717) is 13.0 Å². The third-order valence-electron chi connectivity index (χ3n) is 2.83. The summed E-state index contributed by atoms with van der Waals surface area (Å²) in [5.74, 6) is 1.16. The molecule has 0 amide bonds. The molecule has 0 bridgehead atoms. The van der Waals surface area contributed by atoms with Crippen molar-refractivity contribution in [2.75, 3.05) is 6.61 Å². The van der Waals surface area contributed by atoms with Crippen molar-refractivity contribution in [3.05, 3.63) is 29.8 Å². The monoisotopic (exact) mass is 235 g/mol. The molecule has 0 spiro atoms. The van der Waals surface area contributed by atoms with E-state index in [1.54, 1.807) is 0 Å². The molecule has 1 aromatic rings. The van der Waals surface area contributed by atoms with E-state index in [1.165, 1.54) is 5.56 Å². The number of hydrogen-bond acceptors (Lipinski definition) is 4. The van der Waals surface area contributed by atoms with Gasteiger partial charge in [-0.2, -0.15) is 0 Å². The zero-order valence-electron chi connectivity index (χ0n) is 9.76. The Balaban J connectivity index is 1.97. The van der Waals surface area contributed by atoms with Gasteiger partial charge in [-0.3, -0.25) is 0 Å². The molecule has 1 aromatic carbocycles. The molecule has 1 aliphatic rings. The number of para-hydroxylation sites is 1. The number of nitrogens with two attached hydrogens (primary N) is 1. The highest BCUT2D eigenvalue weighted by Crippen LogP contribution is 2.31. The zero-order valence-corrected chi connectivity index (χ0v) is 9.76. The lowest BCUT2D eigenvalue weighted by atomic mass is 10.1. The normalized spacial score (nSPS) is 20.8. The molecule has 5 nitrogen and oxygen atoms in total. The van der Waals surface area contributed by atoms with Crippen molar-refractivity contribution >= 4 is 5.84 Å². The fourth-order valence-electron chi connectivity index (χ4n) is 2.06. The van der Waals surface area contributed by atoms with Gasteiger partial charge in [-0.05, 0) is 13.0 Å². The predicted molar refractivity (Wildman–Crippen MR) is 65.3 cm³/mol. The van der Waals surface area contributed by atoms with Gasteiger partial charge in [-0.25, -0.2) is 0 Å². The van der Waals surface area contributed by atoms with Crippen LogP contribution in [0.1, 0.15) is 24.9 Å². The summed E-state index contributed by atoms with van der Waals surface area (Å²) in [7, 11) is 0. The van der Waals surface area contributed by atoms with E-state index in [4.69, 9.17) is 15.7 Å². The van der Waals surface area contributed by atoms with Gasteiger partial charge in [0.2, 0.25) is 0 Å². The molecule has 0 aliphatic carbocycles. The third-order valence-corrected chi connectivity index (χ3v) is 2.83. The van der Waals surface area contributed by atoms with Crippen LogP contribution in [0.15, 0.2) is 29.4 Å². The topological polar surface area (TPSA) is 79.9 Å². The predicted octanol–water partition coefficient (Wildman–Crippen LogP) is 1.23. The van der Waals surface area contributed by atoms with E-state index in [9.17, 15) is 0 Å². The van der Waals surface area contributed by atoms with Gasteiger partial charge in [0.05, 0.1) is 6.04 Å². The number of oxime groups is 1. The number of fused-ring (bicyclic) bond motifs is 1. The summed E-state index contributed by atoms with van der Waals surface area (Å²) in [4.78, 5) is 0. The standard InChI is InChI=1S/C12H17N3O2/c1-8(6-12(13)15-16)14-10-7-17-11-5-3-2-4-9(10)11/h2-5,8,10,14,16H,6-7H2,1H3,(H2,13,15). The van der Waals surface area contributed by atoms with Crippen molar-refractivity contribution in [3.8, 4) is 5.75 Å². The maximum atomic E-state index is 8.51. The lowest BCUT2D eigenvalue weighted by molar-refractivity contribution is 0.298. The molecule has 2 rings (SSSR count). The van der Waals surface area contributed by atoms with Crippen LogP contribution in [0.5, 0.6) is 5.75 Å². The molecule has 2 atom stereocenters. The molecule has 5 heteroatoms. The summed E-state index contributed by atoms with van der Waals surface area (Å²) in [5.41, 5.74) is 6.64. The van der Waals surface area contributed by atoms with Crippen molar-refractivity contribution in [2.24, 2.45) is 10.9 Å². The van der Waals surface area contributed by atoms with Crippen LogP contribution in [-0.2, 0) is 0 Å². The minimum atomic E-state index is 0.130. The van der Waals surface area contributed by atoms with Gasteiger partial charge in [-0.1, -0.05) is 23.4 Å². The third kappa shape index (κ3) is 2.68. The Kier molecular flexibility index (Phi) is 3.49. The lowest BCUT2D eigenvalue weighted by Crippen LogP contribution is -2.34. The van der Waals surface area contributed by atoms with Crippen LogP contribution in [0, 0.1) is 0 Å².